The molecule has 0 aromatic rings. The fourth-order valence-electron chi connectivity index (χ4n) is 4.28. The molecule has 2 fully saturated rings. The number of ether oxygens (including phenoxy) is 2. The standard InChI is InChI=1S/C23H30IO2/c1-16(2)23(14-20(23)19-7-5-4-6-8-19)24-17(3)9-10-18-11-12-21-22(13-18)26-15-25-21/h5,7-13,16-17,20-22H,4,6,14-15H2,1-3H3/q-1/b10-9+. The van der Waals surface area contributed by atoms with Crippen LogP contribution in [0.25, 0.3) is 0 Å². The molecular formula is C23H30IO2-. The van der Waals surface area contributed by atoms with Crippen LogP contribution in [-0.2, 0) is 9.47 Å². The van der Waals surface area contributed by atoms with Gasteiger partial charge in [0.1, 0.15) is 0 Å². The van der Waals surface area contributed by atoms with Crippen LogP contribution in [-0.4, -0.2) is 26.3 Å². The predicted octanol–water partition coefficient (Wildman–Crippen LogP) is 1.95. The Labute approximate surface area is 168 Å². The van der Waals surface area contributed by atoms with Gasteiger partial charge in [0.25, 0.3) is 0 Å². The van der Waals surface area contributed by atoms with Crippen LogP contribution in [0.15, 0.2) is 59.8 Å². The van der Waals surface area contributed by atoms with Gasteiger partial charge in [0, 0.05) is 0 Å². The molecule has 0 aromatic heterocycles. The summed E-state index contributed by atoms with van der Waals surface area (Å²) in [4.78, 5) is 0. The summed E-state index contributed by atoms with van der Waals surface area (Å²) in [5.74, 6) is 1.60. The average Bonchev–Trinajstić information content (AvgIpc) is 3.19. The van der Waals surface area contributed by atoms with Gasteiger partial charge in [0.05, 0.1) is 0 Å². The first-order valence-corrected chi connectivity index (χ1v) is 12.2. The predicted molar refractivity (Wildman–Crippen MR) is 103 cm³/mol. The van der Waals surface area contributed by atoms with Gasteiger partial charge in [-0.3, -0.25) is 0 Å². The maximum atomic E-state index is 5.61. The van der Waals surface area contributed by atoms with Gasteiger partial charge >= 0.3 is 169 Å². The molecule has 142 valence electrons. The van der Waals surface area contributed by atoms with E-state index < -0.39 is 0 Å². The third-order valence-electron chi connectivity index (χ3n) is 5.93. The van der Waals surface area contributed by atoms with Crippen LogP contribution in [0.2, 0.25) is 0 Å². The summed E-state index contributed by atoms with van der Waals surface area (Å²) in [6.07, 6.45) is 22.6. The Morgan fingerprint density at radius 3 is 2.77 bits per heavy atom. The average molecular weight is 465 g/mol. The van der Waals surface area contributed by atoms with Crippen molar-refractivity contribution in [3.8, 4) is 0 Å². The van der Waals surface area contributed by atoms with E-state index in [-0.39, 0.29) is 33.4 Å². The van der Waals surface area contributed by atoms with Crippen molar-refractivity contribution >= 4 is 0 Å². The SMILES string of the molecule is CC(/C=C/C1=CC2OCOC2C=C1)[I-]C1(C(C)C)CC1C1=CCCC=C1. The molecule has 0 aromatic carbocycles. The van der Waals surface area contributed by atoms with Gasteiger partial charge in [-0.2, -0.15) is 0 Å². The van der Waals surface area contributed by atoms with Gasteiger partial charge in [0.15, 0.2) is 0 Å². The molecule has 4 aliphatic rings. The fourth-order valence-corrected chi connectivity index (χ4v) is 8.73. The second kappa shape index (κ2) is 7.76. The molecule has 0 amide bonds. The molecule has 5 atom stereocenters. The molecule has 1 heterocycles. The molecule has 0 spiro atoms. The van der Waals surface area contributed by atoms with E-state index in [1.165, 1.54) is 24.8 Å². The second-order valence-electron chi connectivity index (χ2n) is 8.07. The quantitative estimate of drug-likeness (QED) is 0.441. The van der Waals surface area contributed by atoms with E-state index in [0.717, 1.165) is 11.8 Å². The van der Waals surface area contributed by atoms with E-state index in [9.17, 15) is 0 Å². The molecule has 4 rings (SSSR count). The van der Waals surface area contributed by atoms with E-state index in [4.69, 9.17) is 9.47 Å². The molecule has 1 aliphatic heterocycles. The van der Waals surface area contributed by atoms with Crippen LogP contribution >= 0.6 is 0 Å². The fraction of sp³-hybridized carbons (Fsp3) is 0.565. The monoisotopic (exact) mass is 465 g/mol. The van der Waals surface area contributed by atoms with Gasteiger partial charge in [0.2, 0.25) is 0 Å². The summed E-state index contributed by atoms with van der Waals surface area (Å²) in [6, 6.07) is 0. The van der Waals surface area contributed by atoms with Gasteiger partial charge in [-0.05, 0) is 0 Å². The Kier molecular flexibility index (Phi) is 5.58. The molecule has 1 saturated heterocycles. The molecule has 0 radical (unpaired) electrons. The summed E-state index contributed by atoms with van der Waals surface area (Å²) < 4.78 is 12.4. The number of alkyl halides is 2. The Hall–Kier alpha value is -0.650. The van der Waals surface area contributed by atoms with E-state index in [1.807, 2.05) is 0 Å². The molecular weight excluding hydrogens is 435 g/mol. The Morgan fingerprint density at radius 1 is 1.15 bits per heavy atom. The van der Waals surface area contributed by atoms with Crippen molar-refractivity contribution in [2.45, 2.75) is 59.6 Å². The zero-order valence-corrected chi connectivity index (χ0v) is 18.2. The van der Waals surface area contributed by atoms with Crippen molar-refractivity contribution < 1.29 is 30.7 Å². The summed E-state index contributed by atoms with van der Waals surface area (Å²) in [7, 11) is 0. The Bertz CT molecular complexity index is 684. The topological polar surface area (TPSA) is 18.5 Å². The minimum atomic E-state index is 0.101. The third-order valence-corrected chi connectivity index (χ3v) is 10.9. The van der Waals surface area contributed by atoms with Gasteiger partial charge in [-0.25, -0.2) is 0 Å². The van der Waals surface area contributed by atoms with Crippen LogP contribution in [0, 0.1) is 11.8 Å². The van der Waals surface area contributed by atoms with Crippen molar-refractivity contribution in [3.63, 3.8) is 0 Å². The van der Waals surface area contributed by atoms with Crippen molar-refractivity contribution in [1.29, 1.82) is 0 Å². The number of rotatable bonds is 6. The number of hydrogen-bond acceptors (Lipinski definition) is 2. The third kappa shape index (κ3) is 3.81. The first-order chi connectivity index (χ1) is 12.6. The minimum absolute atomic E-state index is 0.101. The van der Waals surface area contributed by atoms with Crippen molar-refractivity contribution in [2.24, 2.45) is 11.8 Å². The number of fused-ring (bicyclic) bond motifs is 1. The van der Waals surface area contributed by atoms with E-state index in [0.29, 0.717) is 14.1 Å². The molecule has 26 heavy (non-hydrogen) atoms. The molecule has 3 aliphatic carbocycles. The summed E-state index contributed by atoms with van der Waals surface area (Å²) in [6.45, 7) is 7.71. The maximum absolute atomic E-state index is 5.61. The summed E-state index contributed by atoms with van der Waals surface area (Å²) in [5, 5.41) is 0. The van der Waals surface area contributed by atoms with Crippen LogP contribution in [0.1, 0.15) is 40.0 Å². The first-order valence-electron chi connectivity index (χ1n) is 9.91. The van der Waals surface area contributed by atoms with E-state index >= 15 is 0 Å². The summed E-state index contributed by atoms with van der Waals surface area (Å²) >= 11 is 0.110. The number of halogens is 1. The second-order valence-corrected chi connectivity index (χ2v) is 12.7. The normalized spacial score (nSPS) is 37.2. The number of hydrogen-bond donors (Lipinski definition) is 0. The molecule has 0 bridgehead atoms. The Morgan fingerprint density at radius 2 is 2.00 bits per heavy atom. The molecule has 0 N–H and O–H groups in total. The zero-order chi connectivity index (χ0) is 18.1. The zero-order valence-electron chi connectivity index (χ0n) is 16.0. The van der Waals surface area contributed by atoms with Gasteiger partial charge in [-0.15, -0.1) is 0 Å². The molecule has 1 saturated carbocycles. The van der Waals surface area contributed by atoms with Crippen LogP contribution in [0.3, 0.4) is 0 Å². The number of allylic oxidation sites excluding steroid dienone is 8. The van der Waals surface area contributed by atoms with Crippen LogP contribution in [0.4, 0.5) is 0 Å². The van der Waals surface area contributed by atoms with Gasteiger partial charge < -0.3 is 0 Å². The van der Waals surface area contributed by atoms with Crippen molar-refractivity contribution in [3.05, 3.63) is 59.8 Å². The van der Waals surface area contributed by atoms with Crippen LogP contribution < -0.4 is 21.2 Å². The van der Waals surface area contributed by atoms with Crippen molar-refractivity contribution in [1.82, 2.24) is 0 Å². The van der Waals surface area contributed by atoms with E-state index in [2.05, 4.69) is 69.4 Å². The molecule has 2 nitrogen and oxygen atoms in total. The van der Waals surface area contributed by atoms with Crippen molar-refractivity contribution in [2.75, 3.05) is 6.79 Å². The van der Waals surface area contributed by atoms with E-state index in [1.54, 1.807) is 5.57 Å². The first kappa shape index (κ1) is 18.7. The van der Waals surface area contributed by atoms with Gasteiger partial charge in [-0.1, -0.05) is 0 Å². The van der Waals surface area contributed by atoms with Crippen LogP contribution in [0.5, 0.6) is 0 Å². The molecule has 5 unspecified atom stereocenters. The molecule has 3 heteroatoms. The Balaban J connectivity index is 1.39. The summed E-state index contributed by atoms with van der Waals surface area (Å²) in [5.41, 5.74) is 2.89.